The summed E-state index contributed by atoms with van der Waals surface area (Å²) in [6, 6.07) is 14.3. The van der Waals surface area contributed by atoms with Gasteiger partial charge in [-0.15, -0.1) is 9.24 Å². The van der Waals surface area contributed by atoms with E-state index in [0.29, 0.717) is 16.7 Å². The van der Waals surface area contributed by atoms with Gasteiger partial charge in [-0.05, 0) is 39.8 Å². The van der Waals surface area contributed by atoms with Crippen molar-refractivity contribution < 1.29 is 14.7 Å². The van der Waals surface area contributed by atoms with Crippen LogP contribution in [0, 0.1) is 0 Å². The van der Waals surface area contributed by atoms with E-state index in [9.17, 15) is 14.7 Å². The van der Waals surface area contributed by atoms with E-state index in [1.165, 1.54) is 0 Å². The summed E-state index contributed by atoms with van der Waals surface area (Å²) in [4.78, 5) is 24.3. The highest BCUT2D eigenvalue weighted by atomic mass is 31.0. The summed E-state index contributed by atoms with van der Waals surface area (Å²) in [6.07, 6.45) is 0. The van der Waals surface area contributed by atoms with Crippen molar-refractivity contribution in [3.05, 3.63) is 59.7 Å². The number of carbonyl (C=O) groups is 2. The van der Waals surface area contributed by atoms with Crippen molar-refractivity contribution in [3.63, 3.8) is 0 Å². The van der Waals surface area contributed by atoms with Gasteiger partial charge in [0.25, 0.3) is 11.8 Å². The summed E-state index contributed by atoms with van der Waals surface area (Å²) in [5.41, 5.74) is 2.23. The third-order valence-corrected chi connectivity index (χ3v) is 4.41. The van der Waals surface area contributed by atoms with Crippen LogP contribution in [0.15, 0.2) is 48.5 Å². The molecule has 0 radical (unpaired) electrons. The van der Waals surface area contributed by atoms with Gasteiger partial charge in [0.1, 0.15) is 5.75 Å². The lowest BCUT2D eigenvalue weighted by molar-refractivity contribution is 0.0880. The van der Waals surface area contributed by atoms with Crippen LogP contribution >= 0.6 is 9.24 Å². The number of imide groups is 1. The third kappa shape index (κ3) is 2.11. The Kier molecular flexibility index (Phi) is 2.97. The number of phenols is 1. The number of nitrogens with one attached hydrogen (secondary N) is 1. The number of phenolic OH excluding ortho intramolecular Hbond substituents is 1. The number of rotatable bonds is 1. The van der Waals surface area contributed by atoms with Crippen molar-refractivity contribution in [2.75, 3.05) is 0 Å². The zero-order chi connectivity index (χ0) is 16.1. The van der Waals surface area contributed by atoms with Gasteiger partial charge in [-0.2, -0.15) is 0 Å². The Morgan fingerprint density at radius 2 is 1.61 bits per heavy atom. The SMILES string of the molecule is O=C1NC(=O)c2c1cc1ccc(O)cc1c2-c1ccc(P)cc1. The molecule has 1 unspecified atom stereocenters. The maximum atomic E-state index is 12.3. The Morgan fingerprint density at radius 1 is 0.870 bits per heavy atom. The summed E-state index contributed by atoms with van der Waals surface area (Å²) >= 11 is 0. The van der Waals surface area contributed by atoms with Crippen LogP contribution in [0.4, 0.5) is 0 Å². The molecule has 0 aromatic heterocycles. The van der Waals surface area contributed by atoms with Gasteiger partial charge in [0.05, 0.1) is 11.1 Å². The van der Waals surface area contributed by atoms with Gasteiger partial charge in [-0.3, -0.25) is 14.9 Å². The fourth-order valence-electron chi connectivity index (χ4n) is 2.98. The molecule has 0 bridgehead atoms. The highest BCUT2D eigenvalue weighted by Crippen LogP contribution is 2.37. The van der Waals surface area contributed by atoms with Crippen LogP contribution in [0.25, 0.3) is 21.9 Å². The molecule has 23 heavy (non-hydrogen) atoms. The second-order valence-electron chi connectivity index (χ2n) is 5.48. The molecule has 0 aliphatic carbocycles. The van der Waals surface area contributed by atoms with Crippen LogP contribution in [-0.4, -0.2) is 16.9 Å². The quantitative estimate of drug-likeness (QED) is 0.535. The lowest BCUT2D eigenvalue weighted by Gasteiger charge is -2.12. The fraction of sp³-hybridized carbons (Fsp3) is 0. The topological polar surface area (TPSA) is 66.4 Å². The monoisotopic (exact) mass is 321 g/mol. The van der Waals surface area contributed by atoms with Gasteiger partial charge >= 0.3 is 0 Å². The molecule has 1 heterocycles. The largest absolute Gasteiger partial charge is 0.508 e. The molecule has 1 aliphatic heterocycles. The number of amides is 2. The minimum absolute atomic E-state index is 0.117. The lowest BCUT2D eigenvalue weighted by Crippen LogP contribution is -2.20. The van der Waals surface area contributed by atoms with Crippen LogP contribution < -0.4 is 10.6 Å². The number of hydrogen-bond acceptors (Lipinski definition) is 3. The van der Waals surface area contributed by atoms with Crippen LogP contribution in [0.3, 0.4) is 0 Å². The summed E-state index contributed by atoms with van der Waals surface area (Å²) in [6.45, 7) is 0. The lowest BCUT2D eigenvalue weighted by atomic mass is 9.90. The molecular weight excluding hydrogens is 309 g/mol. The zero-order valence-electron chi connectivity index (χ0n) is 12.0. The van der Waals surface area contributed by atoms with E-state index in [4.69, 9.17) is 0 Å². The molecule has 4 rings (SSSR count). The molecule has 0 spiro atoms. The van der Waals surface area contributed by atoms with Crippen molar-refractivity contribution >= 4 is 37.1 Å². The first kappa shape index (κ1) is 13.9. The fourth-order valence-corrected chi connectivity index (χ4v) is 3.17. The molecule has 112 valence electrons. The molecular formula is C18H12NO3P. The van der Waals surface area contributed by atoms with E-state index in [1.807, 2.05) is 24.3 Å². The maximum Gasteiger partial charge on any atom is 0.259 e. The Morgan fingerprint density at radius 3 is 2.35 bits per heavy atom. The van der Waals surface area contributed by atoms with E-state index in [2.05, 4.69) is 14.6 Å². The van der Waals surface area contributed by atoms with Gasteiger partial charge in [0.15, 0.2) is 0 Å². The van der Waals surface area contributed by atoms with Gasteiger partial charge in [-0.1, -0.05) is 30.3 Å². The average molecular weight is 321 g/mol. The van der Waals surface area contributed by atoms with Crippen LogP contribution in [-0.2, 0) is 0 Å². The molecule has 1 atom stereocenters. The minimum atomic E-state index is -0.403. The maximum absolute atomic E-state index is 12.3. The highest BCUT2D eigenvalue weighted by Gasteiger charge is 2.31. The van der Waals surface area contributed by atoms with E-state index in [0.717, 1.165) is 21.6 Å². The molecule has 0 fully saturated rings. The van der Waals surface area contributed by atoms with E-state index < -0.39 is 5.91 Å². The Balaban J connectivity index is 2.17. The first-order chi connectivity index (χ1) is 11.0. The molecule has 3 aromatic rings. The molecule has 0 saturated heterocycles. The summed E-state index contributed by atoms with van der Waals surface area (Å²) in [7, 11) is 2.61. The average Bonchev–Trinajstić information content (AvgIpc) is 2.81. The Hall–Kier alpha value is -2.71. The van der Waals surface area contributed by atoms with Gasteiger partial charge in [-0.25, -0.2) is 0 Å². The van der Waals surface area contributed by atoms with Gasteiger partial charge in [0.2, 0.25) is 0 Å². The molecule has 5 heteroatoms. The first-order valence-electron chi connectivity index (χ1n) is 7.06. The van der Waals surface area contributed by atoms with Crippen LogP contribution in [0.1, 0.15) is 20.7 Å². The highest BCUT2D eigenvalue weighted by molar-refractivity contribution is 7.27. The van der Waals surface area contributed by atoms with Gasteiger partial charge in [0, 0.05) is 5.56 Å². The molecule has 0 saturated carbocycles. The molecule has 3 aromatic carbocycles. The summed E-state index contributed by atoms with van der Waals surface area (Å²) < 4.78 is 0. The second kappa shape index (κ2) is 4.90. The van der Waals surface area contributed by atoms with Crippen molar-refractivity contribution in [2.45, 2.75) is 0 Å². The van der Waals surface area contributed by atoms with Crippen LogP contribution in [0.5, 0.6) is 5.75 Å². The second-order valence-corrected chi connectivity index (χ2v) is 6.15. The van der Waals surface area contributed by atoms with Crippen molar-refractivity contribution in [1.82, 2.24) is 5.32 Å². The molecule has 2 N–H and O–H groups in total. The number of fused-ring (bicyclic) bond motifs is 2. The Labute approximate surface area is 134 Å². The van der Waals surface area contributed by atoms with Crippen LogP contribution in [0.2, 0.25) is 0 Å². The van der Waals surface area contributed by atoms with E-state index in [-0.39, 0.29) is 11.7 Å². The predicted octanol–water partition coefficient (Wildman–Crippen LogP) is 2.60. The molecule has 4 nitrogen and oxygen atoms in total. The number of aromatic hydroxyl groups is 1. The third-order valence-electron chi connectivity index (χ3n) is 4.02. The van der Waals surface area contributed by atoms with Crippen molar-refractivity contribution in [3.8, 4) is 16.9 Å². The summed E-state index contributed by atoms with van der Waals surface area (Å²) in [5.74, 6) is -0.671. The predicted molar refractivity (Wildman–Crippen MR) is 92.2 cm³/mol. The van der Waals surface area contributed by atoms with Crippen molar-refractivity contribution in [1.29, 1.82) is 0 Å². The van der Waals surface area contributed by atoms with E-state index in [1.54, 1.807) is 24.3 Å². The Bertz CT molecular complexity index is 993. The molecule has 1 aliphatic rings. The minimum Gasteiger partial charge on any atom is -0.508 e. The smallest absolute Gasteiger partial charge is 0.259 e. The van der Waals surface area contributed by atoms with Gasteiger partial charge < -0.3 is 5.11 Å². The normalized spacial score (nSPS) is 13.3. The standard InChI is InChI=1S/C18H12NO3P/c20-11-4-1-10-7-14-16(18(22)19-17(14)21)15(13(10)8-11)9-2-5-12(23)6-3-9/h1-8,20H,23H2,(H,19,21,22). The number of hydrogen-bond donors (Lipinski definition) is 2. The molecule has 2 amide bonds. The first-order valence-corrected chi connectivity index (χ1v) is 7.63. The number of carbonyl (C=O) groups excluding carboxylic acids is 2. The van der Waals surface area contributed by atoms with E-state index >= 15 is 0 Å². The van der Waals surface area contributed by atoms with Crippen molar-refractivity contribution in [2.24, 2.45) is 0 Å². The summed E-state index contributed by atoms with van der Waals surface area (Å²) in [5, 5.41) is 14.8. The number of benzene rings is 3. The zero-order valence-corrected chi connectivity index (χ0v) is 13.1.